The number of carbonyl (C=O) groups is 1. The van der Waals surface area contributed by atoms with Crippen LogP contribution in [0.1, 0.15) is 18.1 Å². The van der Waals surface area contributed by atoms with E-state index >= 15 is 0 Å². The van der Waals surface area contributed by atoms with Gasteiger partial charge in [-0.2, -0.15) is 0 Å². The molecule has 0 aliphatic rings. The second-order valence-electron chi connectivity index (χ2n) is 5.03. The molecule has 2 rings (SSSR count). The average Bonchev–Trinajstić information content (AvgIpc) is 2.60. The maximum atomic E-state index is 13.0. The van der Waals surface area contributed by atoms with E-state index in [0.717, 1.165) is 14.7 Å². The number of hydrogen-bond donors (Lipinski definition) is 0. The number of carbonyl (C=O) groups excluding carboxylic acids is 1. The molecule has 0 bridgehead atoms. The minimum Gasteiger partial charge on any atom is -0.493 e. The van der Waals surface area contributed by atoms with Gasteiger partial charge in [-0.25, -0.2) is 9.18 Å². The van der Waals surface area contributed by atoms with E-state index in [4.69, 9.17) is 14.2 Å². The van der Waals surface area contributed by atoms with Crippen LogP contribution in [0.25, 0.3) is 6.08 Å². The van der Waals surface area contributed by atoms with Crippen LogP contribution < -0.4 is 9.47 Å². The van der Waals surface area contributed by atoms with Crippen molar-refractivity contribution in [3.63, 3.8) is 0 Å². The topological polar surface area (TPSA) is 44.8 Å². The molecule has 6 heteroatoms. The van der Waals surface area contributed by atoms with Gasteiger partial charge in [0.1, 0.15) is 12.4 Å². The molecule has 2 aromatic rings. The van der Waals surface area contributed by atoms with Crippen molar-refractivity contribution in [3.8, 4) is 11.5 Å². The molecule has 0 heterocycles. The zero-order chi connectivity index (χ0) is 18.2. The number of hydrogen-bond acceptors (Lipinski definition) is 4. The number of ether oxygens (including phenoxy) is 3. The molecule has 2 aromatic carbocycles. The maximum absolute atomic E-state index is 13.0. The van der Waals surface area contributed by atoms with Gasteiger partial charge in [0.25, 0.3) is 0 Å². The lowest BCUT2D eigenvalue weighted by Crippen LogP contribution is -2.01. The summed E-state index contributed by atoms with van der Waals surface area (Å²) in [6.07, 6.45) is 3.03. The monoisotopic (exact) mass is 456 g/mol. The lowest BCUT2D eigenvalue weighted by molar-refractivity contribution is -0.137. The Kier molecular flexibility index (Phi) is 7.24. The largest absolute Gasteiger partial charge is 0.493 e. The molecule has 0 N–H and O–H groups in total. The molecule has 0 unspecified atom stereocenters. The van der Waals surface area contributed by atoms with Crippen LogP contribution in [-0.4, -0.2) is 19.7 Å². The highest BCUT2D eigenvalue weighted by Crippen LogP contribution is 2.35. The van der Waals surface area contributed by atoms with Gasteiger partial charge in [0.15, 0.2) is 11.5 Å². The summed E-state index contributed by atoms with van der Waals surface area (Å²) in [7, 11) is 1.55. The fourth-order valence-corrected chi connectivity index (χ4v) is 2.85. The molecule has 0 aliphatic carbocycles. The molecule has 0 saturated carbocycles. The first-order valence-corrected chi connectivity index (χ1v) is 8.71. The Morgan fingerprint density at radius 1 is 1.24 bits per heavy atom. The SMILES string of the molecule is CCOC(=O)/C=C/c1cc(I)c(OCc2ccc(F)cc2)c(OC)c1. The highest BCUT2D eigenvalue weighted by Gasteiger charge is 2.11. The average molecular weight is 456 g/mol. The van der Waals surface area contributed by atoms with E-state index in [2.05, 4.69) is 22.6 Å². The standard InChI is InChI=1S/C19H18FIO4/c1-3-24-18(22)9-6-14-10-16(21)19(17(11-14)23-2)25-12-13-4-7-15(20)8-5-13/h4-11H,3,12H2,1-2H3/b9-6+. The Hall–Kier alpha value is -2.09. The predicted octanol–water partition coefficient (Wildman–Crippen LogP) is 4.59. The number of halogens is 2. The van der Waals surface area contributed by atoms with Gasteiger partial charge in [-0.3, -0.25) is 0 Å². The second kappa shape index (κ2) is 9.41. The quantitative estimate of drug-likeness (QED) is 0.347. The second-order valence-corrected chi connectivity index (χ2v) is 6.20. The summed E-state index contributed by atoms with van der Waals surface area (Å²) < 4.78 is 29.9. The van der Waals surface area contributed by atoms with Crippen LogP contribution in [0.15, 0.2) is 42.5 Å². The van der Waals surface area contributed by atoms with Crippen LogP contribution in [-0.2, 0) is 16.1 Å². The lowest BCUT2D eigenvalue weighted by atomic mass is 10.2. The summed E-state index contributed by atoms with van der Waals surface area (Å²) in [4.78, 5) is 11.4. The minimum atomic E-state index is -0.395. The van der Waals surface area contributed by atoms with E-state index in [1.165, 1.54) is 18.2 Å². The van der Waals surface area contributed by atoms with Crippen molar-refractivity contribution in [2.24, 2.45) is 0 Å². The first-order valence-electron chi connectivity index (χ1n) is 7.63. The number of benzene rings is 2. The van der Waals surface area contributed by atoms with Crippen LogP contribution in [0.4, 0.5) is 4.39 Å². The fourth-order valence-electron chi connectivity index (χ4n) is 2.07. The molecule has 0 fully saturated rings. The minimum absolute atomic E-state index is 0.284. The summed E-state index contributed by atoms with van der Waals surface area (Å²) in [6, 6.07) is 9.78. The first kappa shape index (κ1) is 19.2. The molecule has 0 aromatic heterocycles. The number of rotatable bonds is 7. The van der Waals surface area contributed by atoms with E-state index in [-0.39, 0.29) is 5.82 Å². The van der Waals surface area contributed by atoms with Gasteiger partial charge in [-0.1, -0.05) is 12.1 Å². The van der Waals surface area contributed by atoms with Gasteiger partial charge < -0.3 is 14.2 Å². The molecule has 4 nitrogen and oxygen atoms in total. The van der Waals surface area contributed by atoms with Crippen LogP contribution in [0.3, 0.4) is 0 Å². The van der Waals surface area contributed by atoms with E-state index in [1.54, 1.807) is 38.3 Å². The summed E-state index contributed by atoms with van der Waals surface area (Å²) >= 11 is 2.14. The third-order valence-corrected chi connectivity index (χ3v) is 4.05. The number of esters is 1. The molecule has 0 spiro atoms. The van der Waals surface area contributed by atoms with Crippen molar-refractivity contribution >= 4 is 34.6 Å². The molecular weight excluding hydrogens is 438 g/mol. The highest BCUT2D eigenvalue weighted by molar-refractivity contribution is 14.1. The molecule has 0 atom stereocenters. The highest BCUT2D eigenvalue weighted by atomic mass is 127. The van der Waals surface area contributed by atoms with Gasteiger partial charge in [0.2, 0.25) is 0 Å². The van der Waals surface area contributed by atoms with Crippen molar-refractivity contribution in [2.45, 2.75) is 13.5 Å². The van der Waals surface area contributed by atoms with Crippen molar-refractivity contribution < 1.29 is 23.4 Å². The summed E-state index contributed by atoms with van der Waals surface area (Å²) in [5.41, 5.74) is 1.65. The Morgan fingerprint density at radius 2 is 1.96 bits per heavy atom. The van der Waals surface area contributed by atoms with E-state index in [0.29, 0.717) is 24.7 Å². The van der Waals surface area contributed by atoms with E-state index < -0.39 is 5.97 Å². The molecule has 25 heavy (non-hydrogen) atoms. The molecule has 0 radical (unpaired) electrons. The van der Waals surface area contributed by atoms with Crippen molar-refractivity contribution in [1.82, 2.24) is 0 Å². The number of methoxy groups -OCH3 is 1. The van der Waals surface area contributed by atoms with Gasteiger partial charge in [0.05, 0.1) is 17.3 Å². The Morgan fingerprint density at radius 3 is 2.60 bits per heavy atom. The molecule has 132 valence electrons. The Bertz CT molecular complexity index is 757. The summed E-state index contributed by atoms with van der Waals surface area (Å²) in [6.45, 7) is 2.38. The lowest BCUT2D eigenvalue weighted by Gasteiger charge is -2.13. The zero-order valence-corrected chi connectivity index (χ0v) is 16.1. The molecule has 0 amide bonds. The van der Waals surface area contributed by atoms with E-state index in [1.807, 2.05) is 6.07 Å². The van der Waals surface area contributed by atoms with Crippen molar-refractivity contribution in [2.75, 3.05) is 13.7 Å². The Balaban J connectivity index is 2.15. The smallest absolute Gasteiger partial charge is 0.330 e. The van der Waals surface area contributed by atoms with Gasteiger partial charge in [-0.05, 0) is 71.0 Å². The van der Waals surface area contributed by atoms with Crippen LogP contribution in [0, 0.1) is 9.39 Å². The fraction of sp³-hybridized carbons (Fsp3) is 0.211. The summed E-state index contributed by atoms with van der Waals surface area (Å²) in [5, 5.41) is 0. The maximum Gasteiger partial charge on any atom is 0.330 e. The van der Waals surface area contributed by atoms with Crippen LogP contribution in [0.2, 0.25) is 0 Å². The van der Waals surface area contributed by atoms with Gasteiger partial charge >= 0.3 is 5.97 Å². The molecule has 0 aliphatic heterocycles. The predicted molar refractivity (Wildman–Crippen MR) is 102 cm³/mol. The normalized spacial score (nSPS) is 10.7. The van der Waals surface area contributed by atoms with Crippen LogP contribution >= 0.6 is 22.6 Å². The first-order chi connectivity index (χ1) is 12.0. The van der Waals surface area contributed by atoms with Crippen molar-refractivity contribution in [3.05, 3.63) is 63.0 Å². The van der Waals surface area contributed by atoms with Crippen molar-refractivity contribution in [1.29, 1.82) is 0 Å². The van der Waals surface area contributed by atoms with E-state index in [9.17, 15) is 9.18 Å². The van der Waals surface area contributed by atoms with Gasteiger partial charge in [0, 0.05) is 6.08 Å². The van der Waals surface area contributed by atoms with Crippen LogP contribution in [0.5, 0.6) is 11.5 Å². The third kappa shape index (κ3) is 5.74. The molecular formula is C19H18FIO4. The third-order valence-electron chi connectivity index (χ3n) is 3.25. The van der Waals surface area contributed by atoms with Gasteiger partial charge in [-0.15, -0.1) is 0 Å². The Labute approximate surface area is 159 Å². The molecule has 0 saturated heterocycles. The summed E-state index contributed by atoms with van der Waals surface area (Å²) in [5.74, 6) is 0.472. The zero-order valence-electron chi connectivity index (χ0n) is 13.9.